The molecule has 0 spiro atoms. The molecule has 2 N–H and O–H groups in total. The number of nitrogens with one attached hydrogen (secondary N) is 1. The minimum absolute atomic E-state index is 0.0991. The molecule has 0 bridgehead atoms. The lowest BCUT2D eigenvalue weighted by atomic mass is 10.2. The minimum Gasteiger partial charge on any atom is -0.508 e. The van der Waals surface area contributed by atoms with Crippen molar-refractivity contribution in [2.75, 3.05) is 13.2 Å². The summed E-state index contributed by atoms with van der Waals surface area (Å²) in [5, 5.41) is 22.0. The highest BCUT2D eigenvalue weighted by atomic mass is 16.3. The Labute approximate surface area is 71.7 Å². The third-order valence-electron chi connectivity index (χ3n) is 1.54. The lowest BCUT2D eigenvalue weighted by Crippen LogP contribution is -2.16. The monoisotopic (exact) mass is 166 g/mol. The van der Waals surface area contributed by atoms with Crippen LogP contribution >= 0.6 is 0 Å². The van der Waals surface area contributed by atoms with Gasteiger partial charge in [0.15, 0.2) is 0 Å². The molecule has 0 aromatic heterocycles. The van der Waals surface area contributed by atoms with Crippen LogP contribution in [-0.2, 0) is 11.7 Å². The van der Waals surface area contributed by atoms with Gasteiger partial charge in [-0.25, -0.2) is 5.11 Å². The third-order valence-corrected chi connectivity index (χ3v) is 1.54. The van der Waals surface area contributed by atoms with Crippen LogP contribution in [0.5, 0.6) is 5.75 Å². The molecule has 1 radical (unpaired) electrons. The van der Waals surface area contributed by atoms with Gasteiger partial charge >= 0.3 is 0 Å². The predicted octanol–water partition coefficient (Wildman–Crippen LogP) is 0.912. The van der Waals surface area contributed by atoms with Crippen LogP contribution in [0.25, 0.3) is 0 Å². The molecule has 0 fully saturated rings. The van der Waals surface area contributed by atoms with Crippen molar-refractivity contribution in [3.05, 3.63) is 29.8 Å². The summed E-state index contributed by atoms with van der Waals surface area (Å²) >= 11 is 0. The van der Waals surface area contributed by atoms with E-state index in [-0.39, 0.29) is 12.4 Å². The van der Waals surface area contributed by atoms with Gasteiger partial charge in [-0.1, -0.05) is 12.1 Å². The van der Waals surface area contributed by atoms with Crippen molar-refractivity contribution < 1.29 is 10.2 Å². The molecule has 3 heteroatoms. The van der Waals surface area contributed by atoms with Crippen molar-refractivity contribution in [2.24, 2.45) is 0 Å². The Morgan fingerprint density at radius 3 is 2.50 bits per heavy atom. The molecule has 0 unspecified atom stereocenters. The molecule has 0 aliphatic rings. The van der Waals surface area contributed by atoms with Crippen molar-refractivity contribution in [1.29, 1.82) is 0 Å². The normalized spacial score (nSPS) is 10.1. The first-order valence-corrected chi connectivity index (χ1v) is 3.89. The Balaban J connectivity index is 2.37. The van der Waals surface area contributed by atoms with Crippen LogP contribution in [0.4, 0.5) is 0 Å². The van der Waals surface area contributed by atoms with Gasteiger partial charge in [0, 0.05) is 13.1 Å². The number of hydrogen-bond donors (Lipinski definition) is 2. The summed E-state index contributed by atoms with van der Waals surface area (Å²) in [5.74, 6) is 0.266. The predicted molar refractivity (Wildman–Crippen MR) is 45.4 cm³/mol. The lowest BCUT2D eigenvalue weighted by molar-refractivity contribution is 0.194. The number of benzene rings is 1. The minimum atomic E-state index is -0.0991. The highest BCUT2D eigenvalue weighted by molar-refractivity contribution is 5.25. The molecule has 1 aromatic carbocycles. The average Bonchev–Trinajstić information content (AvgIpc) is 2.09. The first-order chi connectivity index (χ1) is 5.83. The van der Waals surface area contributed by atoms with Gasteiger partial charge in [-0.15, -0.1) is 0 Å². The SMILES string of the molecule is [O]CCNCc1ccc(O)cc1. The smallest absolute Gasteiger partial charge is 0.115 e. The molecule has 3 nitrogen and oxygen atoms in total. The van der Waals surface area contributed by atoms with Crippen LogP contribution in [0.1, 0.15) is 5.56 Å². The van der Waals surface area contributed by atoms with Gasteiger partial charge in [0.05, 0.1) is 6.61 Å². The molecule has 0 saturated heterocycles. The van der Waals surface area contributed by atoms with Crippen LogP contribution in [0.2, 0.25) is 0 Å². The summed E-state index contributed by atoms with van der Waals surface area (Å²) in [6.45, 7) is 1.07. The number of phenolic OH excluding ortho intramolecular Hbond substituents is 1. The van der Waals surface area contributed by atoms with E-state index in [4.69, 9.17) is 5.11 Å². The molecule has 12 heavy (non-hydrogen) atoms. The second kappa shape index (κ2) is 4.74. The van der Waals surface area contributed by atoms with Crippen LogP contribution in [0.3, 0.4) is 0 Å². The van der Waals surface area contributed by atoms with Crippen LogP contribution in [0.15, 0.2) is 24.3 Å². The summed E-state index contributed by atoms with van der Waals surface area (Å²) < 4.78 is 0. The fourth-order valence-electron chi connectivity index (χ4n) is 0.919. The van der Waals surface area contributed by atoms with Gasteiger partial charge in [0.1, 0.15) is 5.75 Å². The van der Waals surface area contributed by atoms with Gasteiger partial charge in [0.25, 0.3) is 0 Å². The number of rotatable bonds is 4. The van der Waals surface area contributed by atoms with E-state index in [1.165, 1.54) is 0 Å². The van der Waals surface area contributed by atoms with Gasteiger partial charge in [-0.2, -0.15) is 0 Å². The second-order valence-electron chi connectivity index (χ2n) is 2.55. The Kier molecular flexibility index (Phi) is 3.57. The molecule has 0 aliphatic carbocycles. The summed E-state index contributed by atoms with van der Waals surface area (Å²) in [6, 6.07) is 6.92. The van der Waals surface area contributed by atoms with E-state index >= 15 is 0 Å². The fraction of sp³-hybridized carbons (Fsp3) is 0.333. The number of hydrogen-bond acceptors (Lipinski definition) is 2. The summed E-state index contributed by atoms with van der Waals surface area (Å²) in [7, 11) is 0. The zero-order valence-corrected chi connectivity index (χ0v) is 6.79. The molecule has 0 amide bonds. The molecular formula is C9H12NO2. The highest BCUT2D eigenvalue weighted by Gasteiger charge is 1.91. The van der Waals surface area contributed by atoms with Crippen LogP contribution in [-0.4, -0.2) is 18.3 Å². The Morgan fingerprint density at radius 2 is 1.92 bits per heavy atom. The largest absolute Gasteiger partial charge is 0.508 e. The number of aromatic hydroxyl groups is 1. The summed E-state index contributed by atoms with van der Waals surface area (Å²) in [6.07, 6.45) is 0. The van der Waals surface area contributed by atoms with E-state index in [1.807, 2.05) is 12.1 Å². The second-order valence-corrected chi connectivity index (χ2v) is 2.55. The standard InChI is InChI=1S/C9H12NO2/c11-6-5-10-7-8-1-3-9(12)4-2-8/h1-4,10,12H,5-7H2. The average molecular weight is 166 g/mol. The highest BCUT2D eigenvalue weighted by Crippen LogP contribution is 2.08. The van der Waals surface area contributed by atoms with Crippen molar-refractivity contribution >= 4 is 0 Å². The fourth-order valence-corrected chi connectivity index (χ4v) is 0.919. The Bertz CT molecular complexity index is 220. The maximum Gasteiger partial charge on any atom is 0.115 e. The van der Waals surface area contributed by atoms with E-state index in [1.54, 1.807) is 12.1 Å². The van der Waals surface area contributed by atoms with Gasteiger partial charge in [-0.3, -0.25) is 0 Å². The van der Waals surface area contributed by atoms with Gasteiger partial charge in [0.2, 0.25) is 0 Å². The number of phenols is 1. The van der Waals surface area contributed by atoms with Crippen molar-refractivity contribution in [3.8, 4) is 5.75 Å². The molecule has 0 aliphatic heterocycles. The maximum absolute atomic E-state index is 10.1. The van der Waals surface area contributed by atoms with E-state index < -0.39 is 0 Å². The lowest BCUT2D eigenvalue weighted by Gasteiger charge is -2.01. The van der Waals surface area contributed by atoms with Gasteiger partial charge in [-0.05, 0) is 17.7 Å². The van der Waals surface area contributed by atoms with Crippen molar-refractivity contribution in [3.63, 3.8) is 0 Å². The zero-order chi connectivity index (χ0) is 8.81. The maximum atomic E-state index is 10.1. The van der Waals surface area contributed by atoms with Crippen molar-refractivity contribution in [1.82, 2.24) is 5.32 Å². The molecule has 0 saturated carbocycles. The molecule has 0 atom stereocenters. The van der Waals surface area contributed by atoms with E-state index in [9.17, 15) is 5.11 Å². The Morgan fingerprint density at radius 1 is 1.25 bits per heavy atom. The quantitative estimate of drug-likeness (QED) is 0.653. The molecule has 0 heterocycles. The summed E-state index contributed by atoms with van der Waals surface area (Å²) in [5.41, 5.74) is 1.07. The first kappa shape index (κ1) is 9.03. The first-order valence-electron chi connectivity index (χ1n) is 3.89. The molecule has 1 rings (SSSR count). The van der Waals surface area contributed by atoms with Crippen LogP contribution in [0, 0.1) is 0 Å². The molecule has 1 aromatic rings. The van der Waals surface area contributed by atoms with E-state index in [0.717, 1.165) is 5.56 Å². The summed E-state index contributed by atoms with van der Waals surface area (Å²) in [4.78, 5) is 0. The van der Waals surface area contributed by atoms with Crippen LogP contribution < -0.4 is 5.32 Å². The molecular weight excluding hydrogens is 154 g/mol. The van der Waals surface area contributed by atoms with E-state index in [0.29, 0.717) is 13.1 Å². The third kappa shape index (κ3) is 2.90. The van der Waals surface area contributed by atoms with Crippen molar-refractivity contribution in [2.45, 2.75) is 6.54 Å². The zero-order valence-electron chi connectivity index (χ0n) is 6.79. The molecule has 65 valence electrons. The Hall–Kier alpha value is -1.06. The topological polar surface area (TPSA) is 52.2 Å². The van der Waals surface area contributed by atoms with E-state index in [2.05, 4.69) is 5.32 Å². The van der Waals surface area contributed by atoms with Gasteiger partial charge < -0.3 is 10.4 Å².